The number of hydrogen-bond donors (Lipinski definition) is 1. The molecule has 1 aromatic rings. The molecule has 1 amide bonds. The average Bonchev–Trinajstić information content (AvgIpc) is 2.81. The van der Waals surface area contributed by atoms with Crippen LogP contribution in [-0.2, 0) is 11.2 Å². The van der Waals surface area contributed by atoms with Gasteiger partial charge in [0.1, 0.15) is 0 Å². The summed E-state index contributed by atoms with van der Waals surface area (Å²) < 4.78 is 1.05. The lowest BCUT2D eigenvalue weighted by Gasteiger charge is -2.24. The van der Waals surface area contributed by atoms with Gasteiger partial charge in [0.2, 0.25) is 5.91 Å². The molecule has 1 atom stereocenters. The van der Waals surface area contributed by atoms with E-state index in [1.165, 1.54) is 0 Å². The second kappa shape index (κ2) is 6.34. The van der Waals surface area contributed by atoms with Crippen LogP contribution in [0.2, 0.25) is 0 Å². The fraction of sp³-hybridized carbons (Fsp3) is 0.500. The molecule has 1 fully saturated rings. The van der Waals surface area contributed by atoms with Crippen molar-refractivity contribution in [1.29, 1.82) is 0 Å². The Morgan fingerprint density at radius 1 is 1.44 bits per heavy atom. The highest BCUT2D eigenvalue weighted by Crippen LogP contribution is 2.18. The molecule has 2 rings (SSSR count). The molecule has 0 aliphatic carbocycles. The van der Waals surface area contributed by atoms with Gasteiger partial charge in [-0.1, -0.05) is 28.1 Å². The predicted octanol–water partition coefficient (Wildman–Crippen LogP) is 2.20. The summed E-state index contributed by atoms with van der Waals surface area (Å²) in [4.78, 5) is 14.3. The van der Waals surface area contributed by atoms with Crippen molar-refractivity contribution >= 4 is 21.8 Å². The van der Waals surface area contributed by atoms with Gasteiger partial charge in [-0.15, -0.1) is 0 Å². The summed E-state index contributed by atoms with van der Waals surface area (Å²) >= 11 is 3.40. The predicted molar refractivity (Wildman–Crippen MR) is 76.5 cm³/mol. The molecule has 0 saturated carbocycles. The molecule has 0 aromatic heterocycles. The van der Waals surface area contributed by atoms with Crippen LogP contribution in [0.3, 0.4) is 0 Å². The van der Waals surface area contributed by atoms with Gasteiger partial charge in [-0.2, -0.15) is 0 Å². The molecule has 1 saturated heterocycles. The van der Waals surface area contributed by atoms with Gasteiger partial charge in [-0.3, -0.25) is 4.79 Å². The largest absolute Gasteiger partial charge is 0.338 e. The molecule has 1 heterocycles. The second-order valence-electron chi connectivity index (χ2n) is 4.74. The van der Waals surface area contributed by atoms with Crippen molar-refractivity contribution in [2.75, 3.05) is 20.1 Å². The lowest BCUT2D eigenvalue weighted by atomic mass is 10.1. The quantitative estimate of drug-likeness (QED) is 0.924. The SMILES string of the molecule is CNCC1CCCN1C(=O)Cc1ccc(Br)cc1. The Bertz CT molecular complexity index is 405. The number of amides is 1. The molecular weight excluding hydrogens is 292 g/mol. The monoisotopic (exact) mass is 310 g/mol. The van der Waals surface area contributed by atoms with Crippen LogP contribution in [-0.4, -0.2) is 37.0 Å². The van der Waals surface area contributed by atoms with Crippen molar-refractivity contribution in [3.63, 3.8) is 0 Å². The first-order chi connectivity index (χ1) is 8.70. The molecule has 18 heavy (non-hydrogen) atoms. The first-order valence-corrected chi connectivity index (χ1v) is 7.18. The first kappa shape index (κ1) is 13.6. The van der Waals surface area contributed by atoms with Crippen LogP contribution in [0.4, 0.5) is 0 Å². The minimum atomic E-state index is 0.245. The zero-order chi connectivity index (χ0) is 13.0. The van der Waals surface area contributed by atoms with Crippen LogP contribution in [0, 0.1) is 0 Å². The molecule has 0 bridgehead atoms. The number of halogens is 1. The van der Waals surface area contributed by atoms with E-state index in [2.05, 4.69) is 21.2 Å². The van der Waals surface area contributed by atoms with E-state index in [0.717, 1.165) is 36.0 Å². The standard InChI is InChI=1S/C14H19BrN2O/c1-16-10-13-3-2-8-17(13)14(18)9-11-4-6-12(15)7-5-11/h4-7,13,16H,2-3,8-10H2,1H3. The molecule has 98 valence electrons. The summed E-state index contributed by atoms with van der Waals surface area (Å²) in [5.74, 6) is 0.245. The molecule has 1 aliphatic rings. The van der Waals surface area contributed by atoms with Crippen LogP contribution >= 0.6 is 15.9 Å². The van der Waals surface area contributed by atoms with Crippen LogP contribution in [0.1, 0.15) is 18.4 Å². The Kier molecular flexibility index (Phi) is 4.78. The summed E-state index contributed by atoms with van der Waals surface area (Å²) in [5, 5.41) is 3.17. The summed E-state index contributed by atoms with van der Waals surface area (Å²) in [6.45, 7) is 1.80. The maximum absolute atomic E-state index is 12.3. The Morgan fingerprint density at radius 2 is 2.17 bits per heavy atom. The number of likely N-dealkylation sites (N-methyl/N-ethyl adjacent to an activating group) is 1. The lowest BCUT2D eigenvalue weighted by molar-refractivity contribution is -0.131. The summed E-state index contributed by atoms with van der Waals surface area (Å²) in [6.07, 6.45) is 2.75. The maximum atomic E-state index is 12.3. The summed E-state index contributed by atoms with van der Waals surface area (Å²) in [6, 6.07) is 8.35. The van der Waals surface area contributed by atoms with Gasteiger partial charge in [0.25, 0.3) is 0 Å². The van der Waals surface area contributed by atoms with Gasteiger partial charge in [0.05, 0.1) is 6.42 Å². The van der Waals surface area contributed by atoms with Crippen LogP contribution in [0.15, 0.2) is 28.7 Å². The van der Waals surface area contributed by atoms with Crippen molar-refractivity contribution in [3.05, 3.63) is 34.3 Å². The highest BCUT2D eigenvalue weighted by Gasteiger charge is 2.27. The summed E-state index contributed by atoms with van der Waals surface area (Å²) in [5.41, 5.74) is 1.08. The Labute approximate surface area is 117 Å². The van der Waals surface area contributed by atoms with E-state index in [-0.39, 0.29) is 5.91 Å². The number of rotatable bonds is 4. The van der Waals surface area contributed by atoms with Crippen LogP contribution in [0.5, 0.6) is 0 Å². The number of carbonyl (C=O) groups is 1. The topological polar surface area (TPSA) is 32.3 Å². The van der Waals surface area contributed by atoms with E-state index in [1.807, 2.05) is 36.2 Å². The molecule has 0 spiro atoms. The maximum Gasteiger partial charge on any atom is 0.227 e. The Morgan fingerprint density at radius 3 is 2.83 bits per heavy atom. The number of nitrogens with one attached hydrogen (secondary N) is 1. The normalized spacial score (nSPS) is 19.2. The minimum Gasteiger partial charge on any atom is -0.338 e. The van der Waals surface area contributed by atoms with E-state index < -0.39 is 0 Å². The van der Waals surface area contributed by atoms with Gasteiger partial charge in [0, 0.05) is 23.6 Å². The van der Waals surface area contributed by atoms with Crippen molar-refractivity contribution in [3.8, 4) is 0 Å². The number of hydrogen-bond acceptors (Lipinski definition) is 2. The third-order valence-electron chi connectivity index (χ3n) is 3.41. The number of benzene rings is 1. The van der Waals surface area contributed by atoms with Gasteiger partial charge >= 0.3 is 0 Å². The zero-order valence-corrected chi connectivity index (χ0v) is 12.2. The van der Waals surface area contributed by atoms with E-state index in [1.54, 1.807) is 0 Å². The fourth-order valence-electron chi connectivity index (χ4n) is 2.49. The number of likely N-dealkylation sites (tertiary alicyclic amines) is 1. The highest BCUT2D eigenvalue weighted by atomic mass is 79.9. The third-order valence-corrected chi connectivity index (χ3v) is 3.93. The third kappa shape index (κ3) is 3.33. The first-order valence-electron chi connectivity index (χ1n) is 6.39. The van der Waals surface area contributed by atoms with Crippen molar-refractivity contribution < 1.29 is 4.79 Å². The summed E-state index contributed by atoms with van der Waals surface area (Å²) in [7, 11) is 1.94. The molecule has 0 radical (unpaired) electrons. The van der Waals surface area contributed by atoms with Crippen LogP contribution in [0.25, 0.3) is 0 Å². The van der Waals surface area contributed by atoms with Crippen molar-refractivity contribution in [1.82, 2.24) is 10.2 Å². The van der Waals surface area contributed by atoms with E-state index in [0.29, 0.717) is 12.5 Å². The van der Waals surface area contributed by atoms with Crippen molar-refractivity contribution in [2.45, 2.75) is 25.3 Å². The van der Waals surface area contributed by atoms with E-state index in [4.69, 9.17) is 0 Å². The molecule has 4 heteroatoms. The van der Waals surface area contributed by atoms with Gasteiger partial charge in [-0.05, 0) is 37.6 Å². The molecule has 1 aliphatic heterocycles. The molecule has 3 nitrogen and oxygen atoms in total. The Hall–Kier alpha value is -0.870. The van der Waals surface area contributed by atoms with E-state index in [9.17, 15) is 4.79 Å². The molecule has 1 unspecified atom stereocenters. The fourth-order valence-corrected chi connectivity index (χ4v) is 2.75. The minimum absolute atomic E-state index is 0.245. The molecule has 1 aromatic carbocycles. The zero-order valence-electron chi connectivity index (χ0n) is 10.7. The van der Waals surface area contributed by atoms with Gasteiger partial charge in [0.15, 0.2) is 0 Å². The van der Waals surface area contributed by atoms with Crippen molar-refractivity contribution in [2.24, 2.45) is 0 Å². The molecule has 1 N–H and O–H groups in total. The molecular formula is C14H19BrN2O. The average molecular weight is 311 g/mol. The Balaban J connectivity index is 1.96. The highest BCUT2D eigenvalue weighted by molar-refractivity contribution is 9.10. The lowest BCUT2D eigenvalue weighted by Crippen LogP contribution is -2.41. The van der Waals surface area contributed by atoms with E-state index >= 15 is 0 Å². The number of nitrogens with zero attached hydrogens (tertiary/aromatic N) is 1. The smallest absolute Gasteiger partial charge is 0.227 e. The second-order valence-corrected chi connectivity index (χ2v) is 5.66. The van der Waals surface area contributed by atoms with Gasteiger partial charge in [-0.25, -0.2) is 0 Å². The van der Waals surface area contributed by atoms with Crippen LogP contribution < -0.4 is 5.32 Å². The van der Waals surface area contributed by atoms with Gasteiger partial charge < -0.3 is 10.2 Å². The number of carbonyl (C=O) groups excluding carboxylic acids is 1.